The summed E-state index contributed by atoms with van der Waals surface area (Å²) in [6.45, 7) is 8.45. The number of ether oxygens (including phenoxy) is 2. The fourth-order valence-corrected chi connectivity index (χ4v) is 2.76. The number of carbonyl (C=O) groups excluding carboxylic acids is 1. The smallest absolute Gasteiger partial charge is 0.410 e. The van der Waals surface area contributed by atoms with E-state index in [-0.39, 0.29) is 12.2 Å². The number of rotatable bonds is 1. The summed E-state index contributed by atoms with van der Waals surface area (Å²) in [6, 6.07) is 0. The fraction of sp³-hybridized carbons (Fsp3) is 0.923. The van der Waals surface area contributed by atoms with Gasteiger partial charge in [-0.1, -0.05) is 0 Å². The first-order chi connectivity index (χ1) is 8.40. The first kappa shape index (κ1) is 13.6. The Bertz CT molecular complexity index is 308. The van der Waals surface area contributed by atoms with Gasteiger partial charge in [-0.3, -0.25) is 0 Å². The number of likely N-dealkylation sites (tertiary alicyclic amines) is 1. The zero-order valence-corrected chi connectivity index (χ0v) is 11.5. The Morgan fingerprint density at radius 1 is 1.50 bits per heavy atom. The van der Waals surface area contributed by atoms with Crippen molar-refractivity contribution in [3.8, 4) is 0 Å². The molecule has 1 unspecified atom stereocenters. The van der Waals surface area contributed by atoms with Crippen molar-refractivity contribution in [2.45, 2.75) is 38.9 Å². The number of nitrogens with two attached hydrogens (primary N) is 1. The molecule has 2 rings (SSSR count). The van der Waals surface area contributed by atoms with Crippen LogP contribution >= 0.6 is 0 Å². The van der Waals surface area contributed by atoms with Gasteiger partial charge in [0.1, 0.15) is 5.60 Å². The molecule has 2 aliphatic heterocycles. The molecular weight excluding hydrogens is 232 g/mol. The molecule has 3 atom stereocenters. The quantitative estimate of drug-likeness (QED) is 0.766. The van der Waals surface area contributed by atoms with E-state index in [1.54, 1.807) is 4.90 Å². The molecule has 0 aromatic rings. The maximum Gasteiger partial charge on any atom is 0.410 e. The summed E-state index contributed by atoms with van der Waals surface area (Å²) in [5, 5.41) is 0. The highest BCUT2D eigenvalue weighted by Gasteiger charge is 2.42. The molecule has 5 nitrogen and oxygen atoms in total. The van der Waals surface area contributed by atoms with Crippen LogP contribution in [0.2, 0.25) is 0 Å². The van der Waals surface area contributed by atoms with E-state index >= 15 is 0 Å². The predicted molar refractivity (Wildman–Crippen MR) is 68.2 cm³/mol. The molecule has 0 saturated carbocycles. The van der Waals surface area contributed by atoms with E-state index in [1.807, 2.05) is 20.8 Å². The Balaban J connectivity index is 1.94. The van der Waals surface area contributed by atoms with E-state index in [0.29, 0.717) is 24.9 Å². The third kappa shape index (κ3) is 2.95. The van der Waals surface area contributed by atoms with Gasteiger partial charge in [-0.25, -0.2) is 4.79 Å². The third-order valence-corrected chi connectivity index (χ3v) is 3.69. The first-order valence-electron chi connectivity index (χ1n) is 6.70. The van der Waals surface area contributed by atoms with Crippen molar-refractivity contribution in [1.29, 1.82) is 0 Å². The fourth-order valence-electron chi connectivity index (χ4n) is 2.76. The van der Waals surface area contributed by atoms with Crippen molar-refractivity contribution in [2.75, 3.05) is 26.2 Å². The lowest BCUT2D eigenvalue weighted by molar-refractivity contribution is 0.0104. The number of amides is 1. The summed E-state index contributed by atoms with van der Waals surface area (Å²) in [4.78, 5) is 13.8. The van der Waals surface area contributed by atoms with Crippen LogP contribution < -0.4 is 5.73 Å². The van der Waals surface area contributed by atoms with Gasteiger partial charge in [0.05, 0.1) is 12.7 Å². The average molecular weight is 256 g/mol. The highest BCUT2D eigenvalue weighted by Crippen LogP contribution is 2.34. The Labute approximate surface area is 109 Å². The Kier molecular flexibility index (Phi) is 3.82. The molecule has 0 radical (unpaired) electrons. The van der Waals surface area contributed by atoms with E-state index in [9.17, 15) is 4.79 Å². The topological polar surface area (TPSA) is 64.8 Å². The molecule has 0 spiro atoms. The van der Waals surface area contributed by atoms with Crippen LogP contribution in [0.25, 0.3) is 0 Å². The van der Waals surface area contributed by atoms with Crippen LogP contribution in [0.1, 0.15) is 27.2 Å². The van der Waals surface area contributed by atoms with Gasteiger partial charge < -0.3 is 20.1 Å². The zero-order chi connectivity index (χ0) is 13.3. The molecule has 1 amide bonds. The second-order valence-electron chi connectivity index (χ2n) is 6.25. The Morgan fingerprint density at radius 3 is 2.83 bits per heavy atom. The minimum atomic E-state index is -0.437. The van der Waals surface area contributed by atoms with Gasteiger partial charge in [0.2, 0.25) is 0 Å². The second-order valence-corrected chi connectivity index (χ2v) is 6.25. The number of fused-ring (bicyclic) bond motifs is 1. The molecule has 0 bridgehead atoms. The summed E-state index contributed by atoms with van der Waals surface area (Å²) in [6.07, 6.45) is 0.865. The summed E-state index contributed by atoms with van der Waals surface area (Å²) in [5.74, 6) is 0.925. The van der Waals surface area contributed by atoms with Crippen LogP contribution in [0.15, 0.2) is 0 Å². The molecule has 2 N–H and O–H groups in total. The lowest BCUT2D eigenvalue weighted by Crippen LogP contribution is -2.48. The standard InChI is InChI=1S/C13H24N2O3/c1-13(2,3)18-12(16)15-5-4-9-8-17-11(6-14)10(9)7-15/h9-11H,4-8,14H2,1-3H3/t9-,10+,11?/m0/s1. The van der Waals surface area contributed by atoms with Gasteiger partial charge in [0.25, 0.3) is 0 Å². The molecule has 0 aromatic carbocycles. The van der Waals surface area contributed by atoms with Crippen molar-refractivity contribution in [1.82, 2.24) is 4.90 Å². The van der Waals surface area contributed by atoms with E-state index in [0.717, 1.165) is 19.6 Å². The number of nitrogens with zero attached hydrogens (tertiary/aromatic N) is 1. The summed E-state index contributed by atoms with van der Waals surface area (Å²) < 4.78 is 11.1. The summed E-state index contributed by atoms with van der Waals surface area (Å²) in [5.41, 5.74) is 5.27. The van der Waals surface area contributed by atoms with Crippen LogP contribution in [0.3, 0.4) is 0 Å². The van der Waals surface area contributed by atoms with Crippen molar-refractivity contribution in [3.05, 3.63) is 0 Å². The lowest BCUT2D eigenvalue weighted by atomic mass is 9.85. The SMILES string of the molecule is CC(C)(C)OC(=O)N1CC[C@H]2COC(CN)[C@@H]2C1. The molecule has 0 aliphatic carbocycles. The minimum absolute atomic E-state index is 0.0974. The monoisotopic (exact) mass is 256 g/mol. The molecule has 18 heavy (non-hydrogen) atoms. The molecule has 2 saturated heterocycles. The van der Waals surface area contributed by atoms with Crippen molar-refractivity contribution in [2.24, 2.45) is 17.6 Å². The van der Waals surface area contributed by atoms with Crippen LogP contribution in [0.5, 0.6) is 0 Å². The van der Waals surface area contributed by atoms with E-state index in [1.165, 1.54) is 0 Å². The van der Waals surface area contributed by atoms with E-state index in [4.69, 9.17) is 15.2 Å². The van der Waals surface area contributed by atoms with Crippen molar-refractivity contribution < 1.29 is 14.3 Å². The molecule has 5 heteroatoms. The maximum absolute atomic E-state index is 12.0. The minimum Gasteiger partial charge on any atom is -0.444 e. The number of hydrogen-bond acceptors (Lipinski definition) is 4. The molecule has 2 aliphatic rings. The zero-order valence-electron chi connectivity index (χ0n) is 11.5. The van der Waals surface area contributed by atoms with Gasteiger partial charge >= 0.3 is 6.09 Å². The van der Waals surface area contributed by atoms with Crippen molar-refractivity contribution in [3.63, 3.8) is 0 Å². The van der Waals surface area contributed by atoms with Gasteiger partial charge in [-0.2, -0.15) is 0 Å². The Morgan fingerprint density at radius 2 is 2.22 bits per heavy atom. The molecular formula is C13H24N2O3. The molecule has 2 fully saturated rings. The van der Waals surface area contributed by atoms with Gasteiger partial charge in [0.15, 0.2) is 0 Å². The largest absolute Gasteiger partial charge is 0.444 e. The predicted octanol–water partition coefficient (Wildman–Crippen LogP) is 1.22. The van der Waals surface area contributed by atoms with Crippen LogP contribution in [0, 0.1) is 11.8 Å². The van der Waals surface area contributed by atoms with Gasteiger partial charge in [-0.05, 0) is 33.1 Å². The Hall–Kier alpha value is -0.810. The maximum atomic E-state index is 12.0. The lowest BCUT2D eigenvalue weighted by Gasteiger charge is -2.36. The summed E-state index contributed by atoms with van der Waals surface area (Å²) in [7, 11) is 0. The highest BCUT2D eigenvalue weighted by molar-refractivity contribution is 5.68. The van der Waals surface area contributed by atoms with E-state index in [2.05, 4.69) is 0 Å². The number of hydrogen-bond donors (Lipinski definition) is 1. The molecule has 0 aromatic heterocycles. The second kappa shape index (κ2) is 5.05. The molecule has 2 heterocycles. The average Bonchev–Trinajstić information content (AvgIpc) is 2.68. The normalized spacial score (nSPS) is 32.2. The van der Waals surface area contributed by atoms with Crippen LogP contribution in [0.4, 0.5) is 4.79 Å². The van der Waals surface area contributed by atoms with Crippen LogP contribution in [-0.4, -0.2) is 48.9 Å². The van der Waals surface area contributed by atoms with Crippen molar-refractivity contribution >= 4 is 6.09 Å². The number of carbonyl (C=O) groups is 1. The van der Waals surface area contributed by atoms with Crippen LogP contribution in [-0.2, 0) is 9.47 Å². The first-order valence-corrected chi connectivity index (χ1v) is 6.70. The number of piperidine rings is 1. The van der Waals surface area contributed by atoms with E-state index < -0.39 is 5.60 Å². The summed E-state index contributed by atoms with van der Waals surface area (Å²) >= 11 is 0. The molecule has 104 valence electrons. The van der Waals surface area contributed by atoms with Gasteiger partial charge in [-0.15, -0.1) is 0 Å². The highest BCUT2D eigenvalue weighted by atomic mass is 16.6. The third-order valence-electron chi connectivity index (χ3n) is 3.69. The van der Waals surface area contributed by atoms with Gasteiger partial charge in [0, 0.05) is 25.6 Å².